The average molecular weight is 265 g/mol. The minimum atomic E-state index is -4.13. The highest BCUT2D eigenvalue weighted by Gasteiger charge is 2.23. The van der Waals surface area contributed by atoms with Gasteiger partial charge in [0.15, 0.2) is 11.6 Å². The van der Waals surface area contributed by atoms with E-state index < -0.39 is 39.1 Å². The standard InChI is InChI=1S/C9H9F2NO4S/c1-12(5-9(13)14)17(15,16)6-2-3-7(10)8(11)4-6/h2-4H,5H2,1H3,(H,13,14). The Bertz CT molecular complexity index is 544. The summed E-state index contributed by atoms with van der Waals surface area (Å²) in [6, 6.07) is 2.03. The molecule has 0 amide bonds. The molecule has 8 heteroatoms. The molecule has 0 saturated heterocycles. The van der Waals surface area contributed by atoms with Crippen molar-refractivity contribution in [1.29, 1.82) is 0 Å². The lowest BCUT2D eigenvalue weighted by Crippen LogP contribution is -2.32. The molecule has 1 aromatic carbocycles. The number of hydrogen-bond donors (Lipinski definition) is 1. The first-order valence-corrected chi connectivity index (χ1v) is 5.82. The molecule has 0 unspecified atom stereocenters. The third kappa shape index (κ3) is 2.98. The van der Waals surface area contributed by atoms with Gasteiger partial charge in [-0.25, -0.2) is 17.2 Å². The second kappa shape index (κ2) is 4.76. The zero-order valence-electron chi connectivity index (χ0n) is 8.72. The number of carboxylic acid groups (broad SMARTS) is 1. The van der Waals surface area contributed by atoms with Gasteiger partial charge in [-0.1, -0.05) is 0 Å². The third-order valence-electron chi connectivity index (χ3n) is 1.96. The van der Waals surface area contributed by atoms with Gasteiger partial charge in [0.2, 0.25) is 10.0 Å². The molecule has 1 rings (SSSR count). The van der Waals surface area contributed by atoms with E-state index in [-0.39, 0.29) is 0 Å². The summed E-state index contributed by atoms with van der Waals surface area (Å²) in [6.07, 6.45) is 0. The predicted octanol–water partition coefficient (Wildman–Crippen LogP) is 0.670. The van der Waals surface area contributed by atoms with Crippen LogP contribution >= 0.6 is 0 Å². The van der Waals surface area contributed by atoms with Gasteiger partial charge in [-0.15, -0.1) is 0 Å². The highest BCUT2D eigenvalue weighted by molar-refractivity contribution is 7.89. The highest BCUT2D eigenvalue weighted by atomic mass is 32.2. The lowest BCUT2D eigenvalue weighted by Gasteiger charge is -2.14. The van der Waals surface area contributed by atoms with Crippen LogP contribution in [0.2, 0.25) is 0 Å². The predicted molar refractivity (Wildman–Crippen MR) is 53.8 cm³/mol. The number of halogens is 2. The van der Waals surface area contributed by atoms with Crippen molar-refractivity contribution in [3.8, 4) is 0 Å². The number of hydrogen-bond acceptors (Lipinski definition) is 3. The van der Waals surface area contributed by atoms with Crippen LogP contribution in [0.3, 0.4) is 0 Å². The Labute approximate surface area is 96.3 Å². The van der Waals surface area contributed by atoms with Gasteiger partial charge in [-0.05, 0) is 18.2 Å². The number of aliphatic carboxylic acids is 1. The first kappa shape index (κ1) is 13.5. The van der Waals surface area contributed by atoms with Crippen LogP contribution in [0, 0.1) is 11.6 Å². The number of rotatable bonds is 4. The summed E-state index contributed by atoms with van der Waals surface area (Å²) in [5.41, 5.74) is 0. The van der Waals surface area contributed by atoms with Gasteiger partial charge in [0.25, 0.3) is 0 Å². The maximum atomic E-state index is 12.9. The fourth-order valence-corrected chi connectivity index (χ4v) is 2.23. The topological polar surface area (TPSA) is 74.7 Å². The molecule has 0 saturated carbocycles. The van der Waals surface area contributed by atoms with Crippen LogP contribution in [0.1, 0.15) is 0 Å². The number of nitrogens with zero attached hydrogens (tertiary/aromatic N) is 1. The van der Waals surface area contributed by atoms with E-state index in [9.17, 15) is 22.0 Å². The van der Waals surface area contributed by atoms with E-state index in [0.29, 0.717) is 16.4 Å². The van der Waals surface area contributed by atoms with Crippen LogP contribution in [0.4, 0.5) is 8.78 Å². The molecule has 0 aliphatic rings. The van der Waals surface area contributed by atoms with E-state index >= 15 is 0 Å². The van der Waals surface area contributed by atoms with Gasteiger partial charge in [-0.3, -0.25) is 4.79 Å². The molecule has 1 N–H and O–H groups in total. The van der Waals surface area contributed by atoms with E-state index in [2.05, 4.69) is 0 Å². The molecular formula is C9H9F2NO4S. The van der Waals surface area contributed by atoms with Gasteiger partial charge in [-0.2, -0.15) is 4.31 Å². The molecule has 0 atom stereocenters. The summed E-state index contributed by atoms with van der Waals surface area (Å²) in [7, 11) is -3.10. The van der Waals surface area contributed by atoms with Crippen molar-refractivity contribution in [3.05, 3.63) is 29.8 Å². The van der Waals surface area contributed by atoms with Gasteiger partial charge in [0, 0.05) is 7.05 Å². The van der Waals surface area contributed by atoms with Crippen LogP contribution in [0.15, 0.2) is 23.1 Å². The molecule has 0 aliphatic heterocycles. The number of likely N-dealkylation sites (N-methyl/N-ethyl adjacent to an activating group) is 1. The molecule has 0 aliphatic carbocycles. The summed E-state index contributed by atoms with van der Waals surface area (Å²) in [5, 5.41) is 8.45. The zero-order valence-corrected chi connectivity index (χ0v) is 9.54. The second-order valence-electron chi connectivity index (χ2n) is 3.23. The molecule has 94 valence electrons. The van der Waals surface area contributed by atoms with Gasteiger partial charge < -0.3 is 5.11 Å². The zero-order chi connectivity index (χ0) is 13.2. The first-order chi connectivity index (χ1) is 7.75. The molecule has 0 aromatic heterocycles. The third-order valence-corrected chi connectivity index (χ3v) is 3.76. The Balaban J connectivity index is 3.13. The highest BCUT2D eigenvalue weighted by Crippen LogP contribution is 2.17. The van der Waals surface area contributed by atoms with E-state index in [1.807, 2.05) is 0 Å². The van der Waals surface area contributed by atoms with Crippen LogP contribution in [0.5, 0.6) is 0 Å². The Morgan fingerprint density at radius 1 is 1.35 bits per heavy atom. The summed E-state index contributed by atoms with van der Waals surface area (Å²) in [6.45, 7) is -0.763. The molecule has 0 bridgehead atoms. The fraction of sp³-hybridized carbons (Fsp3) is 0.222. The Morgan fingerprint density at radius 3 is 2.41 bits per heavy atom. The largest absolute Gasteiger partial charge is 0.480 e. The quantitative estimate of drug-likeness (QED) is 0.868. The van der Waals surface area contributed by atoms with Crippen LogP contribution in [0.25, 0.3) is 0 Å². The average Bonchev–Trinajstić information content (AvgIpc) is 2.20. The Hall–Kier alpha value is -1.54. The van der Waals surface area contributed by atoms with Crippen LogP contribution in [-0.2, 0) is 14.8 Å². The number of benzene rings is 1. The summed E-state index contributed by atoms with van der Waals surface area (Å²) >= 11 is 0. The normalized spacial score (nSPS) is 11.8. The van der Waals surface area contributed by atoms with E-state index in [0.717, 1.165) is 13.1 Å². The molecule has 17 heavy (non-hydrogen) atoms. The molecule has 0 radical (unpaired) electrons. The minimum absolute atomic E-state index is 0.500. The smallest absolute Gasteiger partial charge is 0.318 e. The van der Waals surface area contributed by atoms with E-state index in [1.54, 1.807) is 0 Å². The fourth-order valence-electron chi connectivity index (χ4n) is 1.09. The molecule has 0 fully saturated rings. The van der Waals surface area contributed by atoms with Crippen molar-refractivity contribution in [3.63, 3.8) is 0 Å². The number of carboxylic acids is 1. The minimum Gasteiger partial charge on any atom is -0.480 e. The van der Waals surface area contributed by atoms with Crippen molar-refractivity contribution < 1.29 is 27.1 Å². The van der Waals surface area contributed by atoms with Crippen LogP contribution in [-0.4, -0.2) is 37.4 Å². The molecule has 5 nitrogen and oxygen atoms in total. The van der Waals surface area contributed by atoms with Crippen molar-refractivity contribution in [2.45, 2.75) is 4.90 Å². The molecule has 0 spiro atoms. The van der Waals surface area contributed by atoms with Crippen LogP contribution < -0.4 is 0 Å². The molecular weight excluding hydrogens is 256 g/mol. The van der Waals surface area contributed by atoms with E-state index in [1.165, 1.54) is 0 Å². The van der Waals surface area contributed by atoms with Gasteiger partial charge >= 0.3 is 5.97 Å². The molecule has 1 aromatic rings. The maximum absolute atomic E-state index is 12.9. The van der Waals surface area contributed by atoms with Gasteiger partial charge in [0.1, 0.15) is 6.54 Å². The lowest BCUT2D eigenvalue weighted by atomic mass is 10.3. The maximum Gasteiger partial charge on any atom is 0.318 e. The van der Waals surface area contributed by atoms with Gasteiger partial charge in [0.05, 0.1) is 4.90 Å². The Morgan fingerprint density at radius 2 is 1.94 bits per heavy atom. The number of sulfonamides is 1. The van der Waals surface area contributed by atoms with E-state index in [4.69, 9.17) is 5.11 Å². The Kier molecular flexibility index (Phi) is 3.79. The monoisotopic (exact) mass is 265 g/mol. The van der Waals surface area contributed by atoms with Crippen molar-refractivity contribution in [2.24, 2.45) is 0 Å². The summed E-state index contributed by atoms with van der Waals surface area (Å²) in [5.74, 6) is -3.83. The summed E-state index contributed by atoms with van der Waals surface area (Å²) in [4.78, 5) is 9.87. The van der Waals surface area contributed by atoms with Crippen molar-refractivity contribution in [1.82, 2.24) is 4.31 Å². The summed E-state index contributed by atoms with van der Waals surface area (Å²) < 4.78 is 49.4. The molecule has 0 heterocycles. The first-order valence-electron chi connectivity index (χ1n) is 4.38. The van der Waals surface area contributed by atoms with Crippen molar-refractivity contribution in [2.75, 3.05) is 13.6 Å². The lowest BCUT2D eigenvalue weighted by molar-refractivity contribution is -0.137. The number of carbonyl (C=O) groups is 1. The second-order valence-corrected chi connectivity index (χ2v) is 5.28. The van der Waals surface area contributed by atoms with Crippen molar-refractivity contribution >= 4 is 16.0 Å². The SMILES string of the molecule is CN(CC(=O)O)S(=O)(=O)c1ccc(F)c(F)c1.